The first-order valence-electron chi connectivity index (χ1n) is 3.94. The van der Waals surface area contributed by atoms with Gasteiger partial charge in [0.1, 0.15) is 0 Å². The van der Waals surface area contributed by atoms with E-state index in [1.807, 2.05) is 0 Å². The van der Waals surface area contributed by atoms with Gasteiger partial charge in [-0.1, -0.05) is 26.2 Å². The average Bonchev–Trinajstić information content (AvgIpc) is 1.99. The van der Waals surface area contributed by atoms with Gasteiger partial charge in [-0.05, 0) is 6.42 Å². The second-order valence-electron chi connectivity index (χ2n) is 2.56. The van der Waals surface area contributed by atoms with Crippen molar-refractivity contribution in [3.63, 3.8) is 0 Å². The van der Waals surface area contributed by atoms with Crippen LogP contribution in [0.25, 0.3) is 0 Å². The fraction of sp³-hybridized carbons (Fsp3) is 0.875. The molecule has 2 N–H and O–H groups in total. The first-order chi connectivity index (χ1) is 4.85. The number of unbranched alkanes of at least 4 members (excludes halogenated alkanes) is 2. The molecule has 0 aliphatic carbocycles. The van der Waals surface area contributed by atoms with E-state index >= 15 is 0 Å². The van der Waals surface area contributed by atoms with Crippen molar-refractivity contribution < 1.29 is 0 Å². The van der Waals surface area contributed by atoms with Crippen molar-refractivity contribution in [2.75, 3.05) is 6.54 Å². The van der Waals surface area contributed by atoms with Gasteiger partial charge >= 0.3 is 0 Å². The van der Waals surface area contributed by atoms with Crippen molar-refractivity contribution >= 4 is 0 Å². The zero-order valence-electron chi connectivity index (χ0n) is 6.64. The van der Waals surface area contributed by atoms with E-state index in [0.29, 0.717) is 6.54 Å². The number of hydrogen-bond donors (Lipinski definition) is 1. The van der Waals surface area contributed by atoms with Crippen molar-refractivity contribution in [3.05, 3.63) is 0 Å². The first-order valence-corrected chi connectivity index (χ1v) is 3.94. The van der Waals surface area contributed by atoms with Crippen LogP contribution in [0.2, 0.25) is 0 Å². The highest BCUT2D eigenvalue weighted by molar-refractivity contribution is 4.82. The van der Waals surface area contributed by atoms with Crippen molar-refractivity contribution in [2.24, 2.45) is 11.7 Å². The summed E-state index contributed by atoms with van der Waals surface area (Å²) >= 11 is 0. The maximum atomic E-state index is 8.50. The van der Waals surface area contributed by atoms with Gasteiger partial charge in [-0.2, -0.15) is 5.26 Å². The Morgan fingerprint density at radius 3 is 2.60 bits per heavy atom. The second kappa shape index (κ2) is 6.57. The molecular weight excluding hydrogens is 124 g/mol. The molecule has 0 aromatic heterocycles. The third-order valence-corrected chi connectivity index (χ3v) is 1.62. The normalized spacial score (nSPS) is 12.5. The van der Waals surface area contributed by atoms with Crippen LogP contribution in [0.4, 0.5) is 0 Å². The second-order valence-corrected chi connectivity index (χ2v) is 2.56. The van der Waals surface area contributed by atoms with Crippen LogP contribution in [-0.2, 0) is 0 Å². The van der Waals surface area contributed by atoms with Gasteiger partial charge in [-0.3, -0.25) is 0 Å². The monoisotopic (exact) mass is 140 g/mol. The molecule has 0 fully saturated rings. The molecule has 0 saturated heterocycles. The molecular formula is C8H16N2. The first kappa shape index (κ1) is 9.45. The summed E-state index contributed by atoms with van der Waals surface area (Å²) in [6.07, 6.45) is 4.55. The number of hydrogen-bond acceptors (Lipinski definition) is 2. The van der Waals surface area contributed by atoms with Gasteiger partial charge < -0.3 is 5.73 Å². The van der Waals surface area contributed by atoms with Gasteiger partial charge in [-0.25, -0.2) is 0 Å². The molecule has 0 heterocycles. The minimum Gasteiger partial charge on any atom is -0.329 e. The number of nitrogens with zero attached hydrogens (tertiary/aromatic N) is 1. The molecule has 0 saturated carbocycles. The zero-order valence-corrected chi connectivity index (χ0v) is 6.64. The standard InChI is InChI=1S/C8H16N2/c1-2-3-4-5-8(6-9)7-10/h8H,2-6,9H2,1H3. The van der Waals surface area contributed by atoms with E-state index in [2.05, 4.69) is 13.0 Å². The van der Waals surface area contributed by atoms with Gasteiger partial charge in [0.2, 0.25) is 0 Å². The maximum absolute atomic E-state index is 8.50. The van der Waals surface area contributed by atoms with Crippen LogP contribution in [0.3, 0.4) is 0 Å². The lowest BCUT2D eigenvalue weighted by Crippen LogP contribution is -2.11. The average molecular weight is 140 g/mol. The molecule has 1 unspecified atom stereocenters. The Bertz CT molecular complexity index is 104. The Labute approximate surface area is 63.0 Å². The van der Waals surface area contributed by atoms with Gasteiger partial charge in [0.05, 0.1) is 12.0 Å². The van der Waals surface area contributed by atoms with Gasteiger partial charge in [0, 0.05) is 6.54 Å². The van der Waals surface area contributed by atoms with Crippen molar-refractivity contribution in [1.29, 1.82) is 5.26 Å². The summed E-state index contributed by atoms with van der Waals surface area (Å²) in [6, 6.07) is 2.19. The third-order valence-electron chi connectivity index (χ3n) is 1.62. The summed E-state index contributed by atoms with van der Waals surface area (Å²) in [6.45, 7) is 2.67. The van der Waals surface area contributed by atoms with Crippen LogP contribution < -0.4 is 5.73 Å². The predicted molar refractivity (Wildman–Crippen MR) is 42.3 cm³/mol. The molecule has 1 atom stereocenters. The molecule has 0 aliphatic heterocycles. The summed E-state index contributed by atoms with van der Waals surface area (Å²) in [5.74, 6) is 0.0894. The molecule has 10 heavy (non-hydrogen) atoms. The van der Waals surface area contributed by atoms with Crippen LogP contribution in [0.5, 0.6) is 0 Å². The summed E-state index contributed by atoms with van der Waals surface area (Å²) in [5.41, 5.74) is 5.34. The molecule has 2 nitrogen and oxygen atoms in total. The molecule has 0 aromatic rings. The highest BCUT2D eigenvalue weighted by Crippen LogP contribution is 2.06. The summed E-state index contributed by atoms with van der Waals surface area (Å²) < 4.78 is 0. The van der Waals surface area contributed by atoms with Gasteiger partial charge in [0.15, 0.2) is 0 Å². The highest BCUT2D eigenvalue weighted by atomic mass is 14.5. The van der Waals surface area contributed by atoms with Crippen LogP contribution in [0.15, 0.2) is 0 Å². The molecule has 0 amide bonds. The molecule has 0 radical (unpaired) electrons. The smallest absolute Gasteiger partial charge is 0.0669 e. The molecule has 2 heteroatoms. The Kier molecular flexibility index (Phi) is 6.21. The quantitative estimate of drug-likeness (QED) is 0.590. The Balaban J connectivity index is 3.20. The fourth-order valence-electron chi connectivity index (χ4n) is 0.876. The molecule has 58 valence electrons. The molecule has 0 bridgehead atoms. The molecule has 0 rings (SSSR count). The van der Waals surface area contributed by atoms with Crippen LogP contribution in [0, 0.1) is 17.2 Å². The van der Waals surface area contributed by atoms with Gasteiger partial charge in [0.25, 0.3) is 0 Å². The fourth-order valence-corrected chi connectivity index (χ4v) is 0.876. The van der Waals surface area contributed by atoms with E-state index in [0.717, 1.165) is 12.8 Å². The lowest BCUT2D eigenvalue weighted by Gasteiger charge is -2.02. The van der Waals surface area contributed by atoms with Crippen LogP contribution in [-0.4, -0.2) is 6.54 Å². The van der Waals surface area contributed by atoms with E-state index in [4.69, 9.17) is 11.0 Å². The SMILES string of the molecule is CCCCCC(C#N)CN. The minimum absolute atomic E-state index is 0.0894. The summed E-state index contributed by atoms with van der Waals surface area (Å²) in [7, 11) is 0. The van der Waals surface area contributed by atoms with E-state index in [1.54, 1.807) is 0 Å². The lowest BCUT2D eigenvalue weighted by atomic mass is 10.0. The van der Waals surface area contributed by atoms with Crippen molar-refractivity contribution in [3.8, 4) is 6.07 Å². The van der Waals surface area contributed by atoms with Crippen LogP contribution in [0.1, 0.15) is 32.6 Å². The largest absolute Gasteiger partial charge is 0.329 e. The van der Waals surface area contributed by atoms with E-state index in [-0.39, 0.29) is 5.92 Å². The number of rotatable bonds is 5. The van der Waals surface area contributed by atoms with Crippen molar-refractivity contribution in [1.82, 2.24) is 0 Å². The molecule has 0 aliphatic rings. The van der Waals surface area contributed by atoms with E-state index in [9.17, 15) is 0 Å². The Hall–Kier alpha value is -0.550. The zero-order chi connectivity index (χ0) is 7.82. The summed E-state index contributed by atoms with van der Waals surface area (Å²) in [4.78, 5) is 0. The number of nitrogens with two attached hydrogens (primary N) is 1. The molecule has 0 aromatic carbocycles. The van der Waals surface area contributed by atoms with Gasteiger partial charge in [-0.15, -0.1) is 0 Å². The van der Waals surface area contributed by atoms with E-state index < -0.39 is 0 Å². The Morgan fingerprint density at radius 1 is 1.50 bits per heavy atom. The Morgan fingerprint density at radius 2 is 2.20 bits per heavy atom. The predicted octanol–water partition coefficient (Wildman–Crippen LogP) is 1.67. The third kappa shape index (κ3) is 4.34. The topological polar surface area (TPSA) is 49.8 Å². The maximum Gasteiger partial charge on any atom is 0.0669 e. The number of nitriles is 1. The molecule has 0 spiro atoms. The van der Waals surface area contributed by atoms with Crippen LogP contribution >= 0.6 is 0 Å². The van der Waals surface area contributed by atoms with Crippen molar-refractivity contribution in [2.45, 2.75) is 32.6 Å². The highest BCUT2D eigenvalue weighted by Gasteiger charge is 2.02. The van der Waals surface area contributed by atoms with E-state index in [1.165, 1.54) is 12.8 Å². The lowest BCUT2D eigenvalue weighted by molar-refractivity contribution is 0.556. The minimum atomic E-state index is 0.0894. The summed E-state index contributed by atoms with van der Waals surface area (Å²) in [5, 5.41) is 8.50.